The molecule has 2 aromatic heterocycles. The second kappa shape index (κ2) is 5.87. The van der Waals surface area contributed by atoms with Crippen molar-refractivity contribution in [3.8, 4) is 0 Å². The fourth-order valence-corrected chi connectivity index (χ4v) is 2.82. The molecule has 0 aliphatic rings. The smallest absolute Gasteiger partial charge is 0.267 e. The van der Waals surface area contributed by atoms with Gasteiger partial charge in [0.15, 0.2) is 0 Å². The molecule has 1 aromatic carbocycles. The van der Waals surface area contributed by atoms with Gasteiger partial charge in [-0.25, -0.2) is 4.39 Å². The van der Waals surface area contributed by atoms with Gasteiger partial charge in [-0.1, -0.05) is 6.07 Å². The van der Waals surface area contributed by atoms with Crippen LogP contribution in [0.1, 0.15) is 27.4 Å². The SMILES string of the molecule is Cc1nn(C)c(C)c1CCNC(=O)c1cc2c(F)cccc2[nH]1. The largest absolute Gasteiger partial charge is 0.350 e. The number of carbonyl (C=O) groups excluding carboxylic acids is 1. The summed E-state index contributed by atoms with van der Waals surface area (Å²) in [6.45, 7) is 4.48. The van der Waals surface area contributed by atoms with Crippen LogP contribution in [0.5, 0.6) is 0 Å². The van der Waals surface area contributed by atoms with E-state index in [1.165, 1.54) is 6.07 Å². The van der Waals surface area contributed by atoms with E-state index in [1.54, 1.807) is 18.2 Å². The fraction of sp³-hybridized carbons (Fsp3) is 0.294. The van der Waals surface area contributed by atoms with Crippen LogP contribution in [-0.2, 0) is 13.5 Å². The highest BCUT2D eigenvalue weighted by atomic mass is 19.1. The molecular weight excluding hydrogens is 295 g/mol. The van der Waals surface area contributed by atoms with Crippen LogP contribution in [0.3, 0.4) is 0 Å². The van der Waals surface area contributed by atoms with Gasteiger partial charge in [-0.05, 0) is 44.0 Å². The van der Waals surface area contributed by atoms with Crippen molar-refractivity contribution in [3.63, 3.8) is 0 Å². The lowest BCUT2D eigenvalue weighted by Crippen LogP contribution is -2.26. The molecule has 0 radical (unpaired) electrons. The molecule has 3 rings (SSSR count). The molecule has 5 nitrogen and oxygen atoms in total. The zero-order valence-electron chi connectivity index (χ0n) is 13.4. The number of amides is 1. The van der Waals surface area contributed by atoms with E-state index in [-0.39, 0.29) is 11.7 Å². The monoisotopic (exact) mass is 314 g/mol. The lowest BCUT2D eigenvalue weighted by Gasteiger charge is -2.04. The van der Waals surface area contributed by atoms with Gasteiger partial charge < -0.3 is 10.3 Å². The zero-order chi connectivity index (χ0) is 16.6. The molecule has 0 saturated carbocycles. The molecule has 0 saturated heterocycles. The van der Waals surface area contributed by atoms with Crippen molar-refractivity contribution < 1.29 is 9.18 Å². The predicted octanol–water partition coefficient (Wildman–Crippen LogP) is 2.63. The minimum absolute atomic E-state index is 0.236. The van der Waals surface area contributed by atoms with E-state index in [0.29, 0.717) is 29.6 Å². The molecule has 0 unspecified atom stereocenters. The summed E-state index contributed by atoms with van der Waals surface area (Å²) in [7, 11) is 1.91. The fourth-order valence-electron chi connectivity index (χ4n) is 2.82. The third-order valence-corrected chi connectivity index (χ3v) is 4.17. The van der Waals surface area contributed by atoms with Gasteiger partial charge in [0.1, 0.15) is 11.5 Å². The Balaban J connectivity index is 1.68. The van der Waals surface area contributed by atoms with Crippen molar-refractivity contribution in [2.45, 2.75) is 20.3 Å². The number of carbonyl (C=O) groups is 1. The maximum absolute atomic E-state index is 13.7. The Kier molecular flexibility index (Phi) is 3.90. The summed E-state index contributed by atoms with van der Waals surface area (Å²) >= 11 is 0. The van der Waals surface area contributed by atoms with E-state index in [0.717, 1.165) is 17.0 Å². The molecule has 120 valence electrons. The van der Waals surface area contributed by atoms with Crippen LogP contribution >= 0.6 is 0 Å². The molecule has 6 heteroatoms. The van der Waals surface area contributed by atoms with Crippen molar-refractivity contribution in [2.75, 3.05) is 6.54 Å². The van der Waals surface area contributed by atoms with Gasteiger partial charge in [0.05, 0.1) is 5.69 Å². The second-order valence-corrected chi connectivity index (χ2v) is 5.66. The molecule has 2 heterocycles. The number of hydrogen-bond acceptors (Lipinski definition) is 2. The standard InChI is InChI=1S/C17H19FN4O/c1-10-12(11(2)22(3)21-10)7-8-19-17(23)16-9-13-14(18)5-4-6-15(13)20-16/h4-6,9,20H,7-8H2,1-3H3,(H,19,23). The zero-order valence-corrected chi connectivity index (χ0v) is 13.4. The highest BCUT2D eigenvalue weighted by Crippen LogP contribution is 2.18. The molecule has 0 atom stereocenters. The average Bonchev–Trinajstić information content (AvgIpc) is 3.05. The van der Waals surface area contributed by atoms with Crippen LogP contribution in [0, 0.1) is 19.7 Å². The van der Waals surface area contributed by atoms with Gasteiger partial charge in [-0.2, -0.15) is 5.10 Å². The summed E-state index contributed by atoms with van der Waals surface area (Å²) < 4.78 is 15.5. The van der Waals surface area contributed by atoms with E-state index < -0.39 is 0 Å². The lowest BCUT2D eigenvalue weighted by atomic mass is 10.1. The summed E-state index contributed by atoms with van der Waals surface area (Å²) in [6.07, 6.45) is 0.714. The predicted molar refractivity (Wildman–Crippen MR) is 87.0 cm³/mol. The minimum Gasteiger partial charge on any atom is -0.350 e. The molecular formula is C17H19FN4O. The van der Waals surface area contributed by atoms with Crippen LogP contribution < -0.4 is 5.32 Å². The van der Waals surface area contributed by atoms with Crippen molar-refractivity contribution in [1.29, 1.82) is 0 Å². The van der Waals surface area contributed by atoms with Gasteiger partial charge in [0.25, 0.3) is 5.91 Å². The number of aromatic amines is 1. The van der Waals surface area contributed by atoms with E-state index in [4.69, 9.17) is 0 Å². The number of aryl methyl sites for hydroxylation is 2. The number of fused-ring (bicyclic) bond motifs is 1. The molecule has 3 aromatic rings. The van der Waals surface area contributed by atoms with Crippen LogP contribution in [0.2, 0.25) is 0 Å². The molecule has 1 amide bonds. The molecule has 23 heavy (non-hydrogen) atoms. The number of halogens is 1. The Morgan fingerprint density at radius 3 is 2.83 bits per heavy atom. The topological polar surface area (TPSA) is 62.7 Å². The first-order valence-electron chi connectivity index (χ1n) is 7.52. The van der Waals surface area contributed by atoms with Crippen LogP contribution in [0.15, 0.2) is 24.3 Å². The quantitative estimate of drug-likeness (QED) is 0.777. The Labute approximate surface area is 133 Å². The third-order valence-electron chi connectivity index (χ3n) is 4.17. The summed E-state index contributed by atoms with van der Waals surface area (Å²) in [5.41, 5.74) is 4.21. The highest BCUT2D eigenvalue weighted by Gasteiger charge is 2.13. The summed E-state index contributed by atoms with van der Waals surface area (Å²) in [4.78, 5) is 15.1. The third kappa shape index (κ3) is 2.84. The van der Waals surface area contributed by atoms with Crippen molar-refractivity contribution in [3.05, 3.63) is 52.7 Å². The van der Waals surface area contributed by atoms with Crippen LogP contribution in [-0.4, -0.2) is 27.2 Å². The number of nitrogens with one attached hydrogen (secondary N) is 2. The van der Waals surface area contributed by atoms with Gasteiger partial charge >= 0.3 is 0 Å². The molecule has 0 aliphatic carbocycles. The van der Waals surface area contributed by atoms with E-state index in [1.807, 2.05) is 25.6 Å². The Morgan fingerprint density at radius 2 is 2.17 bits per heavy atom. The van der Waals surface area contributed by atoms with E-state index in [2.05, 4.69) is 15.4 Å². The first-order chi connectivity index (χ1) is 11.0. The number of benzene rings is 1. The first-order valence-corrected chi connectivity index (χ1v) is 7.52. The maximum atomic E-state index is 13.7. The molecule has 0 bridgehead atoms. The van der Waals surface area contributed by atoms with E-state index >= 15 is 0 Å². The highest BCUT2D eigenvalue weighted by molar-refractivity contribution is 5.98. The summed E-state index contributed by atoms with van der Waals surface area (Å²) in [5.74, 6) is -0.570. The molecule has 0 aliphatic heterocycles. The van der Waals surface area contributed by atoms with Crippen molar-refractivity contribution in [2.24, 2.45) is 7.05 Å². The second-order valence-electron chi connectivity index (χ2n) is 5.66. The number of rotatable bonds is 4. The first kappa shape index (κ1) is 15.3. The molecule has 2 N–H and O–H groups in total. The van der Waals surface area contributed by atoms with E-state index in [9.17, 15) is 9.18 Å². The average molecular weight is 314 g/mol. The number of H-pyrrole nitrogens is 1. The Morgan fingerprint density at radius 1 is 1.39 bits per heavy atom. The van der Waals surface area contributed by atoms with Crippen molar-refractivity contribution >= 4 is 16.8 Å². The number of nitrogens with zero attached hydrogens (tertiary/aromatic N) is 2. The van der Waals surface area contributed by atoms with Gasteiger partial charge in [0.2, 0.25) is 0 Å². The van der Waals surface area contributed by atoms with Gasteiger partial charge in [-0.15, -0.1) is 0 Å². The maximum Gasteiger partial charge on any atom is 0.267 e. The van der Waals surface area contributed by atoms with Gasteiger partial charge in [-0.3, -0.25) is 9.48 Å². The van der Waals surface area contributed by atoms with Gasteiger partial charge in [0, 0.05) is 30.2 Å². The number of aromatic nitrogens is 3. The van der Waals surface area contributed by atoms with Crippen LogP contribution in [0.4, 0.5) is 4.39 Å². The number of hydrogen-bond donors (Lipinski definition) is 2. The molecule has 0 spiro atoms. The van der Waals surface area contributed by atoms with Crippen molar-refractivity contribution in [1.82, 2.24) is 20.1 Å². The summed E-state index contributed by atoms with van der Waals surface area (Å²) in [5, 5.41) is 7.65. The van der Waals surface area contributed by atoms with Crippen LogP contribution in [0.25, 0.3) is 10.9 Å². The molecule has 0 fully saturated rings. The lowest BCUT2D eigenvalue weighted by molar-refractivity contribution is 0.0950. The Hall–Kier alpha value is -2.63. The summed E-state index contributed by atoms with van der Waals surface area (Å²) in [6, 6.07) is 6.29. The Bertz CT molecular complexity index is 878. The minimum atomic E-state index is -0.334. The normalized spacial score (nSPS) is 11.1.